The van der Waals surface area contributed by atoms with E-state index in [9.17, 15) is 31.9 Å². The molecule has 4 nitrogen and oxygen atoms in total. The summed E-state index contributed by atoms with van der Waals surface area (Å²) in [4.78, 5) is 16.4. The third-order valence-corrected chi connectivity index (χ3v) is 3.76. The molecule has 1 N–H and O–H groups in total. The second-order valence-corrected chi connectivity index (χ2v) is 5.65. The monoisotopic (exact) mass is 371 g/mol. The maximum Gasteiger partial charge on any atom is 0.458 e. The van der Waals surface area contributed by atoms with Crippen molar-refractivity contribution in [3.63, 3.8) is 0 Å². The summed E-state index contributed by atoms with van der Waals surface area (Å²) in [6, 6.07) is 7.51. The van der Waals surface area contributed by atoms with Crippen LogP contribution in [-0.2, 0) is 4.84 Å². The highest BCUT2D eigenvalue weighted by atomic mass is 19.4. The largest absolute Gasteiger partial charge is 0.458 e. The minimum Gasteiger partial charge on any atom is -0.350 e. The number of halogens is 5. The summed E-state index contributed by atoms with van der Waals surface area (Å²) in [5.41, 5.74) is -0.0830. The Balaban J connectivity index is 1.80. The van der Waals surface area contributed by atoms with Gasteiger partial charge in [0.2, 0.25) is 0 Å². The Hall–Kier alpha value is -2.81. The van der Waals surface area contributed by atoms with Crippen LogP contribution < -0.4 is 0 Å². The SMILES string of the molecule is O=C(c1ccc(C2=NOC(O)(C(F)(F)F)C2)cc1)c1cc(F)cc(F)c1. The van der Waals surface area contributed by atoms with E-state index < -0.39 is 35.8 Å². The molecule has 1 aliphatic heterocycles. The van der Waals surface area contributed by atoms with E-state index in [4.69, 9.17) is 0 Å². The average Bonchev–Trinajstić information content (AvgIpc) is 2.97. The number of rotatable bonds is 3. The Labute approximate surface area is 143 Å². The topological polar surface area (TPSA) is 58.9 Å². The lowest BCUT2D eigenvalue weighted by molar-refractivity contribution is -0.355. The second-order valence-electron chi connectivity index (χ2n) is 5.65. The van der Waals surface area contributed by atoms with Crippen molar-refractivity contribution in [1.82, 2.24) is 0 Å². The molecule has 0 aliphatic carbocycles. The van der Waals surface area contributed by atoms with Gasteiger partial charge in [-0.05, 0) is 17.7 Å². The molecule has 1 unspecified atom stereocenters. The maximum atomic E-state index is 13.2. The molecular formula is C17H10F5NO3. The van der Waals surface area contributed by atoms with Crippen LogP contribution in [0.5, 0.6) is 0 Å². The van der Waals surface area contributed by atoms with Crippen LogP contribution in [0.1, 0.15) is 27.9 Å². The van der Waals surface area contributed by atoms with E-state index in [1.807, 2.05) is 0 Å². The van der Waals surface area contributed by atoms with Crippen LogP contribution in [0.3, 0.4) is 0 Å². The number of alkyl halides is 3. The molecule has 136 valence electrons. The zero-order chi connectivity index (χ0) is 19.1. The summed E-state index contributed by atoms with van der Waals surface area (Å²) < 4.78 is 64.5. The second kappa shape index (κ2) is 6.17. The zero-order valence-corrected chi connectivity index (χ0v) is 12.8. The number of benzene rings is 2. The van der Waals surface area contributed by atoms with Crippen molar-refractivity contribution in [2.75, 3.05) is 0 Å². The summed E-state index contributed by atoms with van der Waals surface area (Å²) in [6.07, 6.45) is -5.92. The van der Waals surface area contributed by atoms with Crippen LogP contribution in [0.15, 0.2) is 47.6 Å². The average molecular weight is 371 g/mol. The number of ketones is 1. The molecule has 0 amide bonds. The molecule has 2 aromatic carbocycles. The molecule has 26 heavy (non-hydrogen) atoms. The van der Waals surface area contributed by atoms with Crippen molar-refractivity contribution in [2.45, 2.75) is 18.4 Å². The fraction of sp³-hybridized carbons (Fsp3) is 0.176. The van der Waals surface area contributed by atoms with Crippen molar-refractivity contribution in [3.05, 3.63) is 70.8 Å². The number of hydrogen-bond acceptors (Lipinski definition) is 4. The molecule has 0 saturated carbocycles. The van der Waals surface area contributed by atoms with Crippen molar-refractivity contribution >= 4 is 11.5 Å². The van der Waals surface area contributed by atoms with Crippen LogP contribution in [0.25, 0.3) is 0 Å². The van der Waals surface area contributed by atoms with Gasteiger partial charge in [-0.3, -0.25) is 4.79 Å². The lowest BCUT2D eigenvalue weighted by atomic mass is 9.98. The Morgan fingerprint density at radius 1 is 1.04 bits per heavy atom. The highest BCUT2D eigenvalue weighted by Crippen LogP contribution is 2.38. The summed E-state index contributed by atoms with van der Waals surface area (Å²) in [6.45, 7) is 0. The standard InChI is InChI=1S/C17H10F5NO3/c18-12-5-11(6-13(19)7-12)15(24)10-3-1-9(2-4-10)14-8-16(25,26-23-14)17(20,21)22/h1-7,25H,8H2. The summed E-state index contributed by atoms with van der Waals surface area (Å²) in [5, 5.41) is 12.7. The molecule has 1 heterocycles. The van der Waals surface area contributed by atoms with Gasteiger partial charge < -0.3 is 9.94 Å². The van der Waals surface area contributed by atoms with Gasteiger partial charge in [0, 0.05) is 17.2 Å². The molecule has 0 aromatic heterocycles. The third-order valence-electron chi connectivity index (χ3n) is 3.76. The van der Waals surface area contributed by atoms with Crippen LogP contribution in [0.2, 0.25) is 0 Å². The molecule has 1 aliphatic rings. The molecule has 0 bridgehead atoms. The predicted octanol–water partition coefficient (Wildman–Crippen LogP) is 3.57. The Bertz CT molecular complexity index is 872. The van der Waals surface area contributed by atoms with E-state index in [0.717, 1.165) is 12.1 Å². The predicted molar refractivity (Wildman–Crippen MR) is 79.5 cm³/mol. The van der Waals surface area contributed by atoms with Gasteiger partial charge in [0.1, 0.15) is 11.6 Å². The first-order valence-corrected chi connectivity index (χ1v) is 7.24. The number of nitrogens with zero attached hydrogens (tertiary/aromatic N) is 1. The first kappa shape index (κ1) is 18.0. The quantitative estimate of drug-likeness (QED) is 0.663. The van der Waals surface area contributed by atoms with Crippen LogP contribution >= 0.6 is 0 Å². The molecule has 2 aromatic rings. The smallest absolute Gasteiger partial charge is 0.350 e. The molecule has 0 saturated heterocycles. The Morgan fingerprint density at radius 2 is 1.62 bits per heavy atom. The number of hydrogen-bond donors (Lipinski definition) is 1. The summed E-state index contributed by atoms with van der Waals surface area (Å²) in [7, 11) is 0. The van der Waals surface area contributed by atoms with E-state index in [2.05, 4.69) is 9.99 Å². The highest BCUT2D eigenvalue weighted by Gasteiger charge is 2.60. The number of oxime groups is 1. The first-order valence-electron chi connectivity index (χ1n) is 7.24. The van der Waals surface area contributed by atoms with Gasteiger partial charge in [-0.2, -0.15) is 13.2 Å². The third kappa shape index (κ3) is 3.30. The molecule has 1 atom stereocenters. The van der Waals surface area contributed by atoms with Gasteiger partial charge >= 0.3 is 12.0 Å². The number of carbonyl (C=O) groups excluding carboxylic acids is 1. The first-order chi connectivity index (χ1) is 12.1. The van der Waals surface area contributed by atoms with E-state index in [-0.39, 0.29) is 22.4 Å². The molecule has 0 spiro atoms. The van der Waals surface area contributed by atoms with Crippen molar-refractivity contribution < 1.29 is 36.7 Å². The minimum absolute atomic E-state index is 0.0735. The van der Waals surface area contributed by atoms with Gasteiger partial charge in [0.15, 0.2) is 5.78 Å². The van der Waals surface area contributed by atoms with Crippen LogP contribution in [0.4, 0.5) is 22.0 Å². The summed E-state index contributed by atoms with van der Waals surface area (Å²) in [5.74, 6) is -5.87. The van der Waals surface area contributed by atoms with Gasteiger partial charge in [-0.1, -0.05) is 29.4 Å². The van der Waals surface area contributed by atoms with Gasteiger partial charge in [0.05, 0.1) is 12.1 Å². The fourth-order valence-electron chi connectivity index (χ4n) is 2.39. The molecular weight excluding hydrogens is 361 g/mol. The van der Waals surface area contributed by atoms with E-state index in [1.54, 1.807) is 0 Å². The lowest BCUT2D eigenvalue weighted by Crippen LogP contribution is -2.45. The molecule has 0 fully saturated rings. The van der Waals surface area contributed by atoms with Crippen molar-refractivity contribution in [2.24, 2.45) is 5.16 Å². The Kier molecular flexibility index (Phi) is 4.27. The van der Waals surface area contributed by atoms with Crippen molar-refractivity contribution in [3.8, 4) is 0 Å². The van der Waals surface area contributed by atoms with Gasteiger partial charge in [-0.25, -0.2) is 8.78 Å². The van der Waals surface area contributed by atoms with Crippen LogP contribution in [0, 0.1) is 11.6 Å². The molecule has 0 radical (unpaired) electrons. The van der Waals surface area contributed by atoms with Crippen LogP contribution in [-0.4, -0.2) is 28.6 Å². The lowest BCUT2D eigenvalue weighted by Gasteiger charge is -2.22. The number of carbonyl (C=O) groups is 1. The van der Waals surface area contributed by atoms with Crippen molar-refractivity contribution in [1.29, 1.82) is 0 Å². The van der Waals surface area contributed by atoms with E-state index in [1.165, 1.54) is 24.3 Å². The van der Waals surface area contributed by atoms with Gasteiger partial charge in [0.25, 0.3) is 0 Å². The fourth-order valence-corrected chi connectivity index (χ4v) is 2.39. The summed E-state index contributed by atoms with van der Waals surface area (Å²) >= 11 is 0. The normalized spacial score (nSPS) is 19.8. The van der Waals surface area contributed by atoms with Gasteiger partial charge in [-0.15, -0.1) is 0 Å². The van der Waals surface area contributed by atoms with E-state index >= 15 is 0 Å². The number of aliphatic hydroxyl groups is 1. The molecule has 9 heteroatoms. The minimum atomic E-state index is -5.02. The Morgan fingerprint density at radius 3 is 2.12 bits per heavy atom. The highest BCUT2D eigenvalue weighted by molar-refractivity contribution is 6.09. The van der Waals surface area contributed by atoms with E-state index in [0.29, 0.717) is 6.07 Å². The molecule has 3 rings (SSSR count). The zero-order valence-electron chi connectivity index (χ0n) is 12.8. The maximum absolute atomic E-state index is 13.2.